The largest absolute Gasteiger partial charge is 0.466 e. The fourth-order valence-electron chi connectivity index (χ4n) is 2.01. The number of hydrogen-bond donors (Lipinski definition) is 0. The van der Waals surface area contributed by atoms with Crippen LogP contribution in [0.25, 0.3) is 0 Å². The van der Waals surface area contributed by atoms with Crippen LogP contribution in [0.5, 0.6) is 0 Å². The van der Waals surface area contributed by atoms with Crippen LogP contribution in [0.4, 0.5) is 0 Å². The van der Waals surface area contributed by atoms with Gasteiger partial charge in [0.25, 0.3) is 0 Å². The number of halogens is 1. The Balaban J connectivity index is 2.07. The van der Waals surface area contributed by atoms with Crippen molar-refractivity contribution in [3.63, 3.8) is 0 Å². The Kier molecular flexibility index (Phi) is 10.7. The molecule has 0 bridgehead atoms. The van der Waals surface area contributed by atoms with Crippen molar-refractivity contribution >= 4 is 34.5 Å². The number of carbonyl (C=O) groups is 2. The van der Waals surface area contributed by atoms with Crippen molar-refractivity contribution in [2.45, 2.75) is 58.5 Å². The molecule has 0 aliphatic rings. The van der Waals surface area contributed by atoms with E-state index in [1.807, 2.05) is 24.3 Å². The zero-order valence-corrected chi connectivity index (χ0v) is 15.8. The number of unbranched alkanes of at least 4 members (excludes halogenated alkanes) is 3. The van der Waals surface area contributed by atoms with Gasteiger partial charge in [0.2, 0.25) is 0 Å². The highest BCUT2D eigenvalue weighted by Gasteiger charge is 2.08. The second-order valence-electron chi connectivity index (χ2n) is 5.39. The number of ether oxygens (including phenoxy) is 2. The second-order valence-corrected chi connectivity index (χ2v) is 6.55. The van der Waals surface area contributed by atoms with E-state index in [0.29, 0.717) is 13.0 Å². The van der Waals surface area contributed by atoms with E-state index in [2.05, 4.69) is 29.5 Å². The Hall–Kier alpha value is -1.11. The first-order valence-corrected chi connectivity index (χ1v) is 9.26. The maximum Gasteiger partial charge on any atom is 0.306 e. The SMILES string of the molecule is CCCCCCOC(=O)CCCC(=O)OCc1ccccc1I. The van der Waals surface area contributed by atoms with E-state index in [1.54, 1.807) is 0 Å². The van der Waals surface area contributed by atoms with Crippen molar-refractivity contribution in [2.24, 2.45) is 0 Å². The molecule has 0 saturated heterocycles. The topological polar surface area (TPSA) is 52.6 Å². The molecule has 0 radical (unpaired) electrons. The average molecular weight is 432 g/mol. The van der Waals surface area contributed by atoms with Crippen LogP contribution in [0.2, 0.25) is 0 Å². The molecule has 0 N–H and O–H groups in total. The van der Waals surface area contributed by atoms with Crippen LogP contribution < -0.4 is 0 Å². The first-order chi connectivity index (χ1) is 11.1. The molecule has 1 rings (SSSR count). The van der Waals surface area contributed by atoms with Crippen LogP contribution in [0.3, 0.4) is 0 Å². The standard InChI is InChI=1S/C18H25IO4/c1-2-3-4-7-13-22-17(20)11-8-12-18(21)23-14-15-9-5-6-10-16(15)19/h5-6,9-10H,2-4,7-8,11-14H2,1H3. The van der Waals surface area contributed by atoms with Gasteiger partial charge < -0.3 is 9.47 Å². The van der Waals surface area contributed by atoms with E-state index in [9.17, 15) is 9.59 Å². The lowest BCUT2D eigenvalue weighted by molar-refractivity contribution is -0.146. The molecule has 0 aliphatic carbocycles. The molecule has 4 nitrogen and oxygen atoms in total. The minimum Gasteiger partial charge on any atom is -0.466 e. The number of esters is 2. The van der Waals surface area contributed by atoms with E-state index in [1.165, 1.54) is 6.42 Å². The summed E-state index contributed by atoms with van der Waals surface area (Å²) in [5.74, 6) is -0.507. The number of rotatable bonds is 11. The van der Waals surface area contributed by atoms with Gasteiger partial charge >= 0.3 is 11.9 Å². The molecule has 128 valence electrons. The minimum absolute atomic E-state index is 0.230. The maximum absolute atomic E-state index is 11.7. The van der Waals surface area contributed by atoms with Crippen LogP contribution in [0.1, 0.15) is 57.4 Å². The van der Waals surface area contributed by atoms with Gasteiger partial charge in [0.1, 0.15) is 6.61 Å². The summed E-state index contributed by atoms with van der Waals surface area (Å²) in [6.45, 7) is 2.90. The Morgan fingerprint density at radius 1 is 0.957 bits per heavy atom. The fraction of sp³-hybridized carbons (Fsp3) is 0.556. The Bertz CT molecular complexity index is 488. The summed E-state index contributed by atoms with van der Waals surface area (Å²) in [5, 5.41) is 0. The normalized spacial score (nSPS) is 10.3. The molecule has 0 atom stereocenters. The minimum atomic E-state index is -0.277. The molecule has 0 heterocycles. The smallest absolute Gasteiger partial charge is 0.306 e. The summed E-state index contributed by atoms with van der Waals surface area (Å²) in [6, 6.07) is 7.77. The molecule has 0 amide bonds. The molecule has 0 unspecified atom stereocenters. The van der Waals surface area contributed by atoms with E-state index >= 15 is 0 Å². The number of carbonyl (C=O) groups excluding carboxylic acids is 2. The van der Waals surface area contributed by atoms with E-state index in [4.69, 9.17) is 9.47 Å². The van der Waals surface area contributed by atoms with Gasteiger partial charge in [-0.05, 0) is 41.5 Å². The van der Waals surface area contributed by atoms with Crippen molar-refractivity contribution < 1.29 is 19.1 Å². The second kappa shape index (κ2) is 12.3. The molecule has 0 fully saturated rings. The van der Waals surface area contributed by atoms with E-state index < -0.39 is 0 Å². The number of benzene rings is 1. The average Bonchev–Trinajstić information content (AvgIpc) is 2.54. The van der Waals surface area contributed by atoms with Crippen molar-refractivity contribution in [1.29, 1.82) is 0 Å². The third-order valence-electron chi connectivity index (χ3n) is 3.37. The van der Waals surface area contributed by atoms with Gasteiger partial charge in [-0.3, -0.25) is 9.59 Å². The summed E-state index contributed by atoms with van der Waals surface area (Å²) in [5.41, 5.74) is 0.993. The van der Waals surface area contributed by atoms with Crippen molar-refractivity contribution in [2.75, 3.05) is 6.61 Å². The highest BCUT2D eigenvalue weighted by atomic mass is 127. The van der Waals surface area contributed by atoms with Crippen LogP contribution in [0, 0.1) is 3.57 Å². The fourth-order valence-corrected chi connectivity index (χ4v) is 2.55. The van der Waals surface area contributed by atoms with Gasteiger partial charge in [0.15, 0.2) is 0 Å². The summed E-state index contributed by atoms with van der Waals surface area (Å²) < 4.78 is 11.4. The van der Waals surface area contributed by atoms with Crippen molar-refractivity contribution in [3.8, 4) is 0 Å². The van der Waals surface area contributed by atoms with Crippen LogP contribution in [0.15, 0.2) is 24.3 Å². The molecular formula is C18H25IO4. The Labute approximate surface area is 152 Å². The lowest BCUT2D eigenvalue weighted by atomic mass is 10.2. The highest BCUT2D eigenvalue weighted by molar-refractivity contribution is 14.1. The maximum atomic E-state index is 11.7. The monoisotopic (exact) mass is 432 g/mol. The molecule has 1 aromatic carbocycles. The zero-order chi connectivity index (χ0) is 16.9. The lowest BCUT2D eigenvalue weighted by Gasteiger charge is -2.07. The van der Waals surface area contributed by atoms with Crippen LogP contribution in [-0.2, 0) is 25.7 Å². The first-order valence-electron chi connectivity index (χ1n) is 8.18. The van der Waals surface area contributed by atoms with Gasteiger partial charge in [-0.25, -0.2) is 0 Å². The number of hydrogen-bond acceptors (Lipinski definition) is 4. The Morgan fingerprint density at radius 2 is 1.65 bits per heavy atom. The Morgan fingerprint density at radius 3 is 2.35 bits per heavy atom. The summed E-state index contributed by atoms with van der Waals surface area (Å²) in [6.07, 6.45) is 5.33. The van der Waals surface area contributed by atoms with Gasteiger partial charge in [-0.2, -0.15) is 0 Å². The summed E-state index contributed by atoms with van der Waals surface area (Å²) in [7, 11) is 0. The molecule has 23 heavy (non-hydrogen) atoms. The molecule has 0 aromatic heterocycles. The lowest BCUT2D eigenvalue weighted by Crippen LogP contribution is -2.09. The predicted molar refractivity (Wildman–Crippen MR) is 97.9 cm³/mol. The molecule has 0 saturated carbocycles. The van der Waals surface area contributed by atoms with Gasteiger partial charge in [-0.1, -0.05) is 44.4 Å². The molecular weight excluding hydrogens is 407 g/mol. The molecule has 0 aliphatic heterocycles. The van der Waals surface area contributed by atoms with Crippen LogP contribution in [-0.4, -0.2) is 18.5 Å². The van der Waals surface area contributed by atoms with Gasteiger partial charge in [-0.15, -0.1) is 0 Å². The summed E-state index contributed by atoms with van der Waals surface area (Å²) >= 11 is 2.21. The molecule has 1 aromatic rings. The van der Waals surface area contributed by atoms with E-state index in [0.717, 1.165) is 28.4 Å². The van der Waals surface area contributed by atoms with E-state index in [-0.39, 0.29) is 31.4 Å². The van der Waals surface area contributed by atoms with Crippen molar-refractivity contribution in [1.82, 2.24) is 0 Å². The summed E-state index contributed by atoms with van der Waals surface area (Å²) in [4.78, 5) is 23.2. The third-order valence-corrected chi connectivity index (χ3v) is 4.42. The van der Waals surface area contributed by atoms with Crippen LogP contribution >= 0.6 is 22.6 Å². The zero-order valence-electron chi connectivity index (χ0n) is 13.7. The van der Waals surface area contributed by atoms with Gasteiger partial charge in [0.05, 0.1) is 6.61 Å². The predicted octanol–water partition coefficient (Wildman–Crippen LogP) is 4.63. The first kappa shape index (κ1) is 19.9. The molecule has 5 heteroatoms. The van der Waals surface area contributed by atoms with Crippen molar-refractivity contribution in [3.05, 3.63) is 33.4 Å². The van der Waals surface area contributed by atoms with Gasteiger partial charge in [0, 0.05) is 22.0 Å². The molecule has 0 spiro atoms. The quantitative estimate of drug-likeness (QED) is 0.291. The third kappa shape index (κ3) is 9.58. The highest BCUT2D eigenvalue weighted by Crippen LogP contribution is 2.13.